The summed E-state index contributed by atoms with van der Waals surface area (Å²) < 4.78 is 2.24. The summed E-state index contributed by atoms with van der Waals surface area (Å²) in [4.78, 5) is 9.81. The molecule has 0 amide bonds. The van der Waals surface area contributed by atoms with Crippen molar-refractivity contribution < 1.29 is 0 Å². The lowest BCUT2D eigenvalue weighted by Crippen LogP contribution is -2.44. The van der Waals surface area contributed by atoms with Gasteiger partial charge in [-0.3, -0.25) is 4.90 Å². The van der Waals surface area contributed by atoms with Gasteiger partial charge in [-0.2, -0.15) is 0 Å². The Kier molecular flexibility index (Phi) is 3.85. The van der Waals surface area contributed by atoms with Gasteiger partial charge in [0.25, 0.3) is 0 Å². The van der Waals surface area contributed by atoms with E-state index in [9.17, 15) is 0 Å². The van der Waals surface area contributed by atoms with Gasteiger partial charge in [0.1, 0.15) is 5.65 Å². The summed E-state index contributed by atoms with van der Waals surface area (Å²) in [6.45, 7) is 5.45. The molecule has 3 heterocycles. The van der Waals surface area contributed by atoms with Crippen LogP contribution in [0.15, 0.2) is 54.7 Å². The van der Waals surface area contributed by atoms with Crippen molar-refractivity contribution in [3.8, 4) is 11.3 Å². The van der Waals surface area contributed by atoms with E-state index < -0.39 is 0 Å². The molecule has 4 rings (SSSR count). The number of hydrogen-bond acceptors (Lipinski definition) is 3. The van der Waals surface area contributed by atoms with E-state index in [0.717, 1.165) is 44.1 Å². The highest BCUT2D eigenvalue weighted by Crippen LogP contribution is 2.25. The maximum absolute atomic E-state index is 4.89. The van der Waals surface area contributed by atoms with E-state index in [1.807, 2.05) is 0 Å². The highest BCUT2D eigenvalue weighted by Gasteiger charge is 2.19. The molecule has 0 radical (unpaired) electrons. The van der Waals surface area contributed by atoms with E-state index in [2.05, 4.69) is 76.0 Å². The minimum Gasteiger partial charge on any atom is -0.304 e. The van der Waals surface area contributed by atoms with Gasteiger partial charge >= 0.3 is 0 Å². The summed E-state index contributed by atoms with van der Waals surface area (Å²) in [6.07, 6.45) is 2.13. The molecule has 1 fully saturated rings. The Bertz CT molecular complexity index is 785. The fourth-order valence-corrected chi connectivity index (χ4v) is 3.24. The minimum absolute atomic E-state index is 0.948. The fourth-order valence-electron chi connectivity index (χ4n) is 3.24. The van der Waals surface area contributed by atoms with Crippen LogP contribution < -0.4 is 0 Å². The Labute approximate surface area is 137 Å². The molecule has 1 aliphatic heterocycles. The molecule has 0 atom stereocenters. The fraction of sp³-hybridized carbons (Fsp3) is 0.316. The Morgan fingerprint density at radius 1 is 0.913 bits per heavy atom. The number of hydrogen-bond donors (Lipinski definition) is 0. The number of rotatable bonds is 3. The summed E-state index contributed by atoms with van der Waals surface area (Å²) in [5.41, 5.74) is 4.61. The van der Waals surface area contributed by atoms with E-state index in [-0.39, 0.29) is 0 Å². The number of fused-ring (bicyclic) bond motifs is 1. The molecular formula is C19H22N4. The smallest absolute Gasteiger partial charge is 0.137 e. The van der Waals surface area contributed by atoms with Gasteiger partial charge in [-0.15, -0.1) is 0 Å². The van der Waals surface area contributed by atoms with Gasteiger partial charge in [-0.05, 0) is 19.2 Å². The normalized spacial score (nSPS) is 16.9. The highest BCUT2D eigenvalue weighted by atomic mass is 15.3. The van der Waals surface area contributed by atoms with Crippen molar-refractivity contribution in [2.45, 2.75) is 6.54 Å². The van der Waals surface area contributed by atoms with Crippen molar-refractivity contribution in [2.75, 3.05) is 33.2 Å². The minimum atomic E-state index is 0.948. The average molecular weight is 306 g/mol. The van der Waals surface area contributed by atoms with Crippen LogP contribution >= 0.6 is 0 Å². The number of aromatic nitrogens is 2. The molecule has 0 unspecified atom stereocenters. The maximum Gasteiger partial charge on any atom is 0.137 e. The Morgan fingerprint density at radius 3 is 2.43 bits per heavy atom. The number of nitrogens with zero attached hydrogens (tertiary/aromatic N) is 4. The van der Waals surface area contributed by atoms with Crippen LogP contribution in [0.25, 0.3) is 16.9 Å². The van der Waals surface area contributed by atoms with Gasteiger partial charge in [-0.25, -0.2) is 4.98 Å². The molecule has 0 N–H and O–H groups in total. The number of benzene rings is 1. The first-order valence-electron chi connectivity index (χ1n) is 8.23. The van der Waals surface area contributed by atoms with Crippen LogP contribution in [-0.2, 0) is 6.54 Å². The van der Waals surface area contributed by atoms with E-state index >= 15 is 0 Å². The topological polar surface area (TPSA) is 23.8 Å². The van der Waals surface area contributed by atoms with Crippen molar-refractivity contribution in [1.29, 1.82) is 0 Å². The van der Waals surface area contributed by atoms with E-state index in [0.29, 0.717) is 0 Å². The number of imidazole rings is 1. The van der Waals surface area contributed by atoms with Crippen LogP contribution in [0, 0.1) is 0 Å². The van der Waals surface area contributed by atoms with Crippen molar-refractivity contribution >= 4 is 5.65 Å². The number of piperazine rings is 1. The third-order valence-corrected chi connectivity index (χ3v) is 4.65. The maximum atomic E-state index is 4.89. The van der Waals surface area contributed by atoms with Gasteiger partial charge in [0, 0.05) is 44.5 Å². The molecule has 0 saturated carbocycles. The van der Waals surface area contributed by atoms with E-state index in [4.69, 9.17) is 4.98 Å². The lowest BCUT2D eigenvalue weighted by molar-refractivity contribution is 0.147. The zero-order valence-electron chi connectivity index (χ0n) is 13.5. The molecule has 0 spiro atoms. The second-order valence-corrected chi connectivity index (χ2v) is 6.28. The van der Waals surface area contributed by atoms with Crippen LogP contribution in [0.2, 0.25) is 0 Å². The third kappa shape index (κ3) is 2.87. The average Bonchev–Trinajstić information content (AvgIpc) is 2.96. The van der Waals surface area contributed by atoms with Crippen LogP contribution in [0.1, 0.15) is 5.69 Å². The second kappa shape index (κ2) is 6.14. The molecule has 0 aliphatic carbocycles. The first-order chi connectivity index (χ1) is 11.3. The summed E-state index contributed by atoms with van der Waals surface area (Å²) in [5, 5.41) is 0. The lowest BCUT2D eigenvalue weighted by atomic mass is 10.1. The van der Waals surface area contributed by atoms with Gasteiger partial charge < -0.3 is 9.30 Å². The van der Waals surface area contributed by atoms with E-state index in [1.165, 1.54) is 11.3 Å². The van der Waals surface area contributed by atoms with Crippen LogP contribution in [0.5, 0.6) is 0 Å². The third-order valence-electron chi connectivity index (χ3n) is 4.65. The predicted octanol–water partition coefficient (Wildman–Crippen LogP) is 2.75. The largest absolute Gasteiger partial charge is 0.304 e. The first-order valence-corrected chi connectivity index (χ1v) is 8.23. The monoisotopic (exact) mass is 306 g/mol. The van der Waals surface area contributed by atoms with Crippen molar-refractivity contribution in [3.63, 3.8) is 0 Å². The molecule has 4 nitrogen and oxygen atoms in total. The summed E-state index contributed by atoms with van der Waals surface area (Å²) >= 11 is 0. The second-order valence-electron chi connectivity index (χ2n) is 6.28. The standard InChI is InChI=1S/C19H22N4/c1-21-11-13-22(14-12-21)15-17-19(16-7-3-2-4-8-16)20-18-9-5-6-10-23(17)18/h2-10H,11-15H2,1H3. The van der Waals surface area contributed by atoms with Gasteiger partial charge in [0.15, 0.2) is 0 Å². The van der Waals surface area contributed by atoms with Gasteiger partial charge in [0.2, 0.25) is 0 Å². The predicted molar refractivity (Wildman–Crippen MR) is 93.4 cm³/mol. The van der Waals surface area contributed by atoms with Crippen molar-refractivity contribution in [2.24, 2.45) is 0 Å². The Balaban J connectivity index is 1.74. The SMILES string of the molecule is CN1CCN(Cc2c(-c3ccccc3)nc3ccccn23)CC1. The zero-order valence-corrected chi connectivity index (χ0v) is 13.5. The lowest BCUT2D eigenvalue weighted by Gasteiger charge is -2.32. The molecule has 4 heteroatoms. The van der Waals surface area contributed by atoms with Crippen LogP contribution in [-0.4, -0.2) is 52.4 Å². The van der Waals surface area contributed by atoms with Gasteiger partial charge in [0.05, 0.1) is 11.4 Å². The van der Waals surface area contributed by atoms with Crippen LogP contribution in [0.4, 0.5) is 0 Å². The molecule has 0 bridgehead atoms. The Morgan fingerprint density at radius 2 is 1.65 bits per heavy atom. The molecule has 1 aromatic carbocycles. The number of likely N-dealkylation sites (N-methyl/N-ethyl adjacent to an activating group) is 1. The zero-order chi connectivity index (χ0) is 15.6. The molecule has 23 heavy (non-hydrogen) atoms. The first kappa shape index (κ1) is 14.4. The van der Waals surface area contributed by atoms with Crippen LogP contribution in [0.3, 0.4) is 0 Å². The summed E-state index contributed by atoms with van der Waals surface area (Å²) in [6, 6.07) is 16.7. The van der Waals surface area contributed by atoms with Crippen molar-refractivity contribution in [3.05, 3.63) is 60.4 Å². The number of pyridine rings is 1. The Hall–Kier alpha value is -2.17. The van der Waals surface area contributed by atoms with Gasteiger partial charge in [-0.1, -0.05) is 36.4 Å². The highest BCUT2D eigenvalue weighted by molar-refractivity contribution is 5.66. The van der Waals surface area contributed by atoms with Crippen molar-refractivity contribution in [1.82, 2.24) is 19.2 Å². The molecule has 118 valence electrons. The molecule has 1 saturated heterocycles. The van der Waals surface area contributed by atoms with E-state index in [1.54, 1.807) is 0 Å². The molecule has 3 aromatic rings. The quantitative estimate of drug-likeness (QED) is 0.743. The molecular weight excluding hydrogens is 284 g/mol. The molecule has 1 aliphatic rings. The summed E-state index contributed by atoms with van der Waals surface area (Å²) in [5.74, 6) is 0. The molecule has 2 aromatic heterocycles. The summed E-state index contributed by atoms with van der Waals surface area (Å²) in [7, 11) is 2.20.